The number of halogens is 2. The Morgan fingerprint density at radius 3 is 2.50 bits per heavy atom. The highest BCUT2D eigenvalue weighted by molar-refractivity contribution is 7.89. The lowest BCUT2D eigenvalue weighted by molar-refractivity contribution is -0.145. The van der Waals surface area contributed by atoms with Crippen LogP contribution in [0.3, 0.4) is 0 Å². The van der Waals surface area contributed by atoms with Crippen molar-refractivity contribution in [2.75, 3.05) is 6.61 Å². The van der Waals surface area contributed by atoms with Gasteiger partial charge in [0.1, 0.15) is 16.8 Å². The van der Waals surface area contributed by atoms with E-state index in [1.165, 1.54) is 0 Å². The van der Waals surface area contributed by atoms with Gasteiger partial charge < -0.3 is 4.74 Å². The van der Waals surface area contributed by atoms with Gasteiger partial charge in [0.15, 0.2) is 0 Å². The Bertz CT molecular complexity index is 827. The number of esters is 1. The Hall–Kier alpha value is -1.96. The molecule has 24 heavy (non-hydrogen) atoms. The van der Waals surface area contributed by atoms with E-state index in [1.54, 1.807) is 37.3 Å². The third-order valence-corrected chi connectivity index (χ3v) is 5.02. The molecule has 128 valence electrons. The first-order valence-electron chi connectivity index (χ1n) is 7.04. The van der Waals surface area contributed by atoms with E-state index in [9.17, 15) is 17.6 Å². The summed E-state index contributed by atoms with van der Waals surface area (Å²) in [5, 5.41) is -0.279. The monoisotopic (exact) mass is 371 g/mol. The highest BCUT2D eigenvalue weighted by Gasteiger charge is 2.29. The van der Waals surface area contributed by atoms with Gasteiger partial charge in [-0.3, -0.25) is 0 Å². The van der Waals surface area contributed by atoms with Crippen molar-refractivity contribution in [2.45, 2.75) is 17.9 Å². The second-order valence-corrected chi connectivity index (χ2v) is 6.88. The maximum absolute atomic E-state index is 13.1. The molecule has 0 aromatic heterocycles. The molecule has 0 aliphatic carbocycles. The lowest BCUT2D eigenvalue weighted by atomic mass is 10.1. The van der Waals surface area contributed by atoms with Gasteiger partial charge in [0, 0.05) is 0 Å². The van der Waals surface area contributed by atoms with Crippen molar-refractivity contribution in [1.29, 1.82) is 0 Å². The Balaban J connectivity index is 2.39. The van der Waals surface area contributed by atoms with Gasteiger partial charge in [-0.1, -0.05) is 41.9 Å². The Labute approximate surface area is 144 Å². The molecule has 0 radical (unpaired) electrons. The normalized spacial score (nSPS) is 12.6. The molecule has 0 bridgehead atoms. The highest BCUT2D eigenvalue weighted by atomic mass is 35.5. The largest absolute Gasteiger partial charge is 0.465 e. The van der Waals surface area contributed by atoms with E-state index in [1.807, 2.05) is 0 Å². The first-order chi connectivity index (χ1) is 11.3. The van der Waals surface area contributed by atoms with Crippen LogP contribution in [0.5, 0.6) is 0 Å². The zero-order valence-electron chi connectivity index (χ0n) is 12.7. The van der Waals surface area contributed by atoms with Crippen LogP contribution in [0.25, 0.3) is 0 Å². The van der Waals surface area contributed by atoms with Gasteiger partial charge in [0.25, 0.3) is 0 Å². The van der Waals surface area contributed by atoms with Crippen molar-refractivity contribution in [3.63, 3.8) is 0 Å². The fourth-order valence-electron chi connectivity index (χ4n) is 2.04. The van der Waals surface area contributed by atoms with Gasteiger partial charge in [0.2, 0.25) is 10.0 Å². The Kier molecular flexibility index (Phi) is 5.93. The summed E-state index contributed by atoms with van der Waals surface area (Å²) in [5.41, 5.74) is 0.415. The number of rotatable bonds is 6. The molecule has 8 heteroatoms. The summed E-state index contributed by atoms with van der Waals surface area (Å²) in [7, 11) is -4.17. The molecule has 1 N–H and O–H groups in total. The van der Waals surface area contributed by atoms with E-state index in [0.29, 0.717) is 5.56 Å². The summed E-state index contributed by atoms with van der Waals surface area (Å²) in [5.74, 6) is -1.41. The third kappa shape index (κ3) is 4.31. The van der Waals surface area contributed by atoms with Crippen LogP contribution < -0.4 is 4.72 Å². The standard InChI is InChI=1S/C16H15ClFNO4S/c1-2-23-16(20)15(11-6-4-3-5-7-11)19-24(21,22)14-9-8-12(18)10-13(14)17/h3-10,15,19H,2H2,1H3. The molecule has 1 unspecified atom stereocenters. The van der Waals surface area contributed by atoms with Crippen LogP contribution in [0.1, 0.15) is 18.5 Å². The molecule has 0 saturated carbocycles. The number of hydrogen-bond acceptors (Lipinski definition) is 4. The zero-order chi connectivity index (χ0) is 17.7. The van der Waals surface area contributed by atoms with Gasteiger partial charge in [-0.05, 0) is 30.7 Å². The number of ether oxygens (including phenoxy) is 1. The molecular formula is C16H15ClFNO4S. The minimum absolute atomic E-state index is 0.0984. The molecule has 0 saturated heterocycles. The van der Waals surface area contributed by atoms with Crippen molar-refractivity contribution >= 4 is 27.6 Å². The van der Waals surface area contributed by atoms with E-state index < -0.39 is 27.9 Å². The fourth-order valence-corrected chi connectivity index (χ4v) is 3.74. The molecule has 0 aliphatic rings. The molecule has 0 aliphatic heterocycles. The number of carbonyl (C=O) groups excluding carboxylic acids is 1. The number of benzene rings is 2. The van der Waals surface area contributed by atoms with Crippen LogP contribution in [0.15, 0.2) is 53.4 Å². The van der Waals surface area contributed by atoms with Crippen molar-refractivity contribution < 1.29 is 22.3 Å². The summed E-state index contributed by atoms with van der Waals surface area (Å²) in [6.07, 6.45) is 0. The van der Waals surface area contributed by atoms with Crippen molar-refractivity contribution in [2.24, 2.45) is 0 Å². The molecule has 2 aromatic carbocycles. The zero-order valence-corrected chi connectivity index (χ0v) is 14.3. The summed E-state index contributed by atoms with van der Waals surface area (Å²) >= 11 is 5.81. The predicted octanol–water partition coefficient (Wildman–Crippen LogP) is 3.06. The lowest BCUT2D eigenvalue weighted by Crippen LogP contribution is -2.35. The summed E-state index contributed by atoms with van der Waals surface area (Å²) in [4.78, 5) is 11.8. The Morgan fingerprint density at radius 2 is 1.92 bits per heavy atom. The minimum Gasteiger partial charge on any atom is -0.465 e. The smallest absolute Gasteiger partial charge is 0.328 e. The number of carbonyl (C=O) groups is 1. The maximum Gasteiger partial charge on any atom is 0.328 e. The van der Waals surface area contributed by atoms with Gasteiger partial charge >= 0.3 is 5.97 Å². The van der Waals surface area contributed by atoms with Crippen molar-refractivity contribution in [3.8, 4) is 0 Å². The number of sulfonamides is 1. The van der Waals surface area contributed by atoms with Crippen molar-refractivity contribution in [1.82, 2.24) is 4.72 Å². The van der Waals surface area contributed by atoms with Crippen LogP contribution in [0.4, 0.5) is 4.39 Å². The maximum atomic E-state index is 13.1. The Morgan fingerprint density at radius 1 is 1.25 bits per heavy atom. The lowest BCUT2D eigenvalue weighted by Gasteiger charge is -2.18. The number of nitrogens with one attached hydrogen (secondary N) is 1. The molecule has 2 aromatic rings. The topological polar surface area (TPSA) is 72.5 Å². The first kappa shape index (κ1) is 18.4. The van der Waals surface area contributed by atoms with Crippen LogP contribution >= 0.6 is 11.6 Å². The van der Waals surface area contributed by atoms with E-state index in [2.05, 4.69) is 4.72 Å². The molecule has 0 fully saturated rings. The quantitative estimate of drug-likeness (QED) is 0.792. The van der Waals surface area contributed by atoms with Crippen LogP contribution in [-0.4, -0.2) is 21.0 Å². The first-order valence-corrected chi connectivity index (χ1v) is 8.90. The van der Waals surface area contributed by atoms with E-state index in [0.717, 1.165) is 18.2 Å². The van der Waals surface area contributed by atoms with Crippen LogP contribution in [0.2, 0.25) is 5.02 Å². The molecule has 1 atom stereocenters. The van der Waals surface area contributed by atoms with E-state index in [-0.39, 0.29) is 16.5 Å². The second kappa shape index (κ2) is 7.74. The fraction of sp³-hybridized carbons (Fsp3) is 0.188. The molecule has 2 rings (SSSR count). The van der Waals surface area contributed by atoms with Gasteiger partial charge in [-0.2, -0.15) is 4.72 Å². The van der Waals surface area contributed by atoms with Gasteiger partial charge in [-0.25, -0.2) is 17.6 Å². The predicted molar refractivity (Wildman–Crippen MR) is 87.5 cm³/mol. The molecule has 5 nitrogen and oxygen atoms in total. The minimum atomic E-state index is -4.17. The van der Waals surface area contributed by atoms with Crippen molar-refractivity contribution in [3.05, 3.63) is 64.9 Å². The summed E-state index contributed by atoms with van der Waals surface area (Å²) in [6.45, 7) is 1.71. The molecule has 0 amide bonds. The van der Waals surface area contributed by atoms with Crippen LogP contribution in [0, 0.1) is 5.82 Å². The van der Waals surface area contributed by atoms with Gasteiger partial charge in [-0.15, -0.1) is 0 Å². The average Bonchev–Trinajstić information content (AvgIpc) is 2.53. The third-order valence-electron chi connectivity index (χ3n) is 3.11. The molecular weight excluding hydrogens is 357 g/mol. The highest BCUT2D eigenvalue weighted by Crippen LogP contribution is 2.25. The SMILES string of the molecule is CCOC(=O)C(NS(=O)(=O)c1ccc(F)cc1Cl)c1ccccc1. The molecule has 0 heterocycles. The van der Waals surface area contributed by atoms with E-state index >= 15 is 0 Å². The van der Waals surface area contributed by atoms with Crippen LogP contribution in [-0.2, 0) is 19.6 Å². The summed E-state index contributed by atoms with van der Waals surface area (Å²) < 4.78 is 45.4. The molecule has 0 spiro atoms. The second-order valence-electron chi connectivity index (χ2n) is 4.79. The summed E-state index contributed by atoms with van der Waals surface area (Å²) in [6, 6.07) is 9.91. The average molecular weight is 372 g/mol. The van der Waals surface area contributed by atoms with E-state index in [4.69, 9.17) is 16.3 Å². The number of hydrogen-bond donors (Lipinski definition) is 1. The van der Waals surface area contributed by atoms with Gasteiger partial charge in [0.05, 0.1) is 11.6 Å².